The summed E-state index contributed by atoms with van der Waals surface area (Å²) in [6, 6.07) is 17.4. The van der Waals surface area contributed by atoms with E-state index in [4.69, 9.17) is 10.00 Å². The van der Waals surface area contributed by atoms with Crippen molar-refractivity contribution in [3.8, 4) is 11.8 Å². The van der Waals surface area contributed by atoms with Gasteiger partial charge in [0.25, 0.3) is 5.91 Å². The van der Waals surface area contributed by atoms with E-state index in [2.05, 4.69) is 28.6 Å². The van der Waals surface area contributed by atoms with E-state index in [1.54, 1.807) is 29.2 Å². The van der Waals surface area contributed by atoms with Crippen molar-refractivity contribution in [2.45, 2.75) is 12.8 Å². The van der Waals surface area contributed by atoms with Crippen LogP contribution in [-0.2, 0) is 6.42 Å². The zero-order valence-corrected chi connectivity index (χ0v) is 16.1. The summed E-state index contributed by atoms with van der Waals surface area (Å²) in [5, 5.41) is 8.90. The summed E-state index contributed by atoms with van der Waals surface area (Å²) in [6.07, 6.45) is 2.72. The van der Waals surface area contributed by atoms with Crippen LogP contribution in [0.3, 0.4) is 0 Å². The van der Waals surface area contributed by atoms with Gasteiger partial charge < -0.3 is 9.64 Å². The standard InChI is InChI=1S/C21H21BrN2O2/c1-2-15-26-20-10-9-18(16-19(20)22)21(25)24(13-6-12-23)14-11-17-7-4-3-5-8-17/h2-5,7-10,16H,1,6,11,13-15H2. The SMILES string of the molecule is C=CCOc1ccc(C(=O)N(CCC#N)CCc2ccccc2)cc1Br. The smallest absolute Gasteiger partial charge is 0.253 e. The molecular weight excluding hydrogens is 392 g/mol. The van der Waals surface area contributed by atoms with Gasteiger partial charge in [-0.3, -0.25) is 4.79 Å². The molecule has 0 aliphatic heterocycles. The first-order valence-corrected chi connectivity index (χ1v) is 9.18. The van der Waals surface area contributed by atoms with Gasteiger partial charge in [0, 0.05) is 18.7 Å². The number of halogens is 1. The van der Waals surface area contributed by atoms with Crippen LogP contribution >= 0.6 is 15.9 Å². The number of hydrogen-bond donors (Lipinski definition) is 0. The van der Waals surface area contributed by atoms with E-state index in [1.807, 2.05) is 30.3 Å². The molecule has 0 spiro atoms. The van der Waals surface area contributed by atoms with E-state index in [1.165, 1.54) is 0 Å². The van der Waals surface area contributed by atoms with Crippen LogP contribution in [0.4, 0.5) is 0 Å². The molecular formula is C21H21BrN2O2. The minimum absolute atomic E-state index is 0.0906. The van der Waals surface area contributed by atoms with Crippen LogP contribution in [0.15, 0.2) is 65.7 Å². The number of carbonyl (C=O) groups is 1. The zero-order valence-electron chi connectivity index (χ0n) is 14.5. The third-order valence-electron chi connectivity index (χ3n) is 3.83. The Labute approximate surface area is 162 Å². The quantitative estimate of drug-likeness (QED) is 0.564. The van der Waals surface area contributed by atoms with Crippen molar-refractivity contribution < 1.29 is 9.53 Å². The van der Waals surface area contributed by atoms with E-state index in [0.717, 1.165) is 12.0 Å². The molecule has 0 aromatic heterocycles. The van der Waals surface area contributed by atoms with Gasteiger partial charge in [-0.25, -0.2) is 0 Å². The molecule has 1 amide bonds. The average Bonchev–Trinajstić information content (AvgIpc) is 2.67. The Morgan fingerprint density at radius 1 is 1.23 bits per heavy atom. The molecule has 0 bridgehead atoms. The van der Waals surface area contributed by atoms with Crippen LogP contribution < -0.4 is 4.74 Å². The van der Waals surface area contributed by atoms with Gasteiger partial charge in [0.05, 0.1) is 17.0 Å². The van der Waals surface area contributed by atoms with E-state index >= 15 is 0 Å². The first-order chi connectivity index (χ1) is 12.7. The number of hydrogen-bond acceptors (Lipinski definition) is 3. The van der Waals surface area contributed by atoms with Crippen LogP contribution in [0, 0.1) is 11.3 Å². The van der Waals surface area contributed by atoms with Gasteiger partial charge in [-0.15, -0.1) is 0 Å². The summed E-state index contributed by atoms with van der Waals surface area (Å²) >= 11 is 3.44. The van der Waals surface area contributed by atoms with Crippen molar-refractivity contribution in [2.24, 2.45) is 0 Å². The molecule has 0 N–H and O–H groups in total. The molecule has 0 aliphatic rings. The van der Waals surface area contributed by atoms with Crippen LogP contribution in [0.2, 0.25) is 0 Å². The van der Waals surface area contributed by atoms with Crippen LogP contribution in [-0.4, -0.2) is 30.5 Å². The van der Waals surface area contributed by atoms with Gasteiger partial charge in [-0.1, -0.05) is 43.0 Å². The summed E-state index contributed by atoms with van der Waals surface area (Å²) in [6.45, 7) is 5.00. The Bertz CT molecular complexity index is 784. The van der Waals surface area contributed by atoms with E-state index in [9.17, 15) is 4.79 Å². The molecule has 0 aliphatic carbocycles. The molecule has 0 saturated heterocycles. The maximum atomic E-state index is 12.9. The normalized spacial score (nSPS) is 10.0. The van der Waals surface area contributed by atoms with Gasteiger partial charge in [-0.05, 0) is 46.1 Å². The largest absolute Gasteiger partial charge is 0.488 e. The Balaban J connectivity index is 2.11. The second-order valence-corrected chi connectivity index (χ2v) is 6.54. The predicted molar refractivity (Wildman–Crippen MR) is 106 cm³/mol. The number of nitriles is 1. The van der Waals surface area contributed by atoms with Gasteiger partial charge in [-0.2, -0.15) is 5.26 Å². The number of rotatable bonds is 9. The summed E-state index contributed by atoms with van der Waals surface area (Å²) in [7, 11) is 0. The van der Waals surface area contributed by atoms with Crippen LogP contribution in [0.5, 0.6) is 5.75 Å². The van der Waals surface area contributed by atoms with Gasteiger partial charge >= 0.3 is 0 Å². The molecule has 2 rings (SSSR count). The van der Waals surface area contributed by atoms with Crippen molar-refractivity contribution in [1.82, 2.24) is 4.90 Å². The molecule has 5 heteroatoms. The highest BCUT2D eigenvalue weighted by atomic mass is 79.9. The fraction of sp³-hybridized carbons (Fsp3) is 0.238. The molecule has 26 heavy (non-hydrogen) atoms. The first-order valence-electron chi connectivity index (χ1n) is 8.39. The fourth-order valence-corrected chi connectivity index (χ4v) is 2.98. The van der Waals surface area contributed by atoms with Crippen LogP contribution in [0.1, 0.15) is 22.3 Å². The Morgan fingerprint density at radius 3 is 2.65 bits per heavy atom. The average molecular weight is 413 g/mol. The summed E-state index contributed by atoms with van der Waals surface area (Å²) in [5.41, 5.74) is 1.73. The highest BCUT2D eigenvalue weighted by Gasteiger charge is 2.17. The fourth-order valence-electron chi connectivity index (χ4n) is 2.49. The lowest BCUT2D eigenvalue weighted by molar-refractivity contribution is 0.0760. The number of nitrogens with zero attached hydrogens (tertiary/aromatic N) is 2. The number of carbonyl (C=O) groups excluding carboxylic acids is 1. The maximum absolute atomic E-state index is 12.9. The molecule has 0 radical (unpaired) electrons. The maximum Gasteiger partial charge on any atom is 0.253 e. The molecule has 4 nitrogen and oxygen atoms in total. The van der Waals surface area contributed by atoms with E-state index < -0.39 is 0 Å². The second-order valence-electron chi connectivity index (χ2n) is 5.68. The molecule has 0 unspecified atom stereocenters. The predicted octanol–water partition coefficient (Wildman–Crippen LogP) is 4.61. The molecule has 0 heterocycles. The Kier molecular flexibility index (Phi) is 7.91. The summed E-state index contributed by atoms with van der Waals surface area (Å²) < 4.78 is 6.23. The molecule has 0 saturated carbocycles. The third kappa shape index (κ3) is 5.75. The van der Waals surface area contributed by atoms with E-state index in [0.29, 0.717) is 41.9 Å². The van der Waals surface area contributed by atoms with Crippen molar-refractivity contribution in [2.75, 3.05) is 19.7 Å². The monoisotopic (exact) mass is 412 g/mol. The lowest BCUT2D eigenvalue weighted by Crippen LogP contribution is -2.33. The topological polar surface area (TPSA) is 53.3 Å². The van der Waals surface area contributed by atoms with Crippen molar-refractivity contribution in [3.63, 3.8) is 0 Å². The molecule has 134 valence electrons. The Hall–Kier alpha value is -2.58. The summed E-state index contributed by atoms with van der Waals surface area (Å²) in [5.74, 6) is 0.571. The number of amides is 1. The van der Waals surface area contributed by atoms with E-state index in [-0.39, 0.29) is 5.91 Å². The highest BCUT2D eigenvalue weighted by Crippen LogP contribution is 2.26. The van der Waals surface area contributed by atoms with Gasteiger partial charge in [0.1, 0.15) is 12.4 Å². The van der Waals surface area contributed by atoms with Crippen LogP contribution in [0.25, 0.3) is 0 Å². The third-order valence-corrected chi connectivity index (χ3v) is 4.45. The molecule has 2 aromatic rings. The minimum atomic E-state index is -0.0906. The zero-order chi connectivity index (χ0) is 18.8. The summed E-state index contributed by atoms with van der Waals surface area (Å²) in [4.78, 5) is 14.6. The first kappa shape index (κ1) is 19.7. The Morgan fingerprint density at radius 2 is 2.00 bits per heavy atom. The van der Waals surface area contributed by atoms with Gasteiger partial charge in [0.15, 0.2) is 0 Å². The second kappa shape index (κ2) is 10.4. The highest BCUT2D eigenvalue weighted by molar-refractivity contribution is 9.10. The van der Waals surface area contributed by atoms with Gasteiger partial charge in [0.2, 0.25) is 0 Å². The lowest BCUT2D eigenvalue weighted by atomic mass is 10.1. The van der Waals surface area contributed by atoms with Crippen molar-refractivity contribution in [1.29, 1.82) is 5.26 Å². The number of benzene rings is 2. The van der Waals surface area contributed by atoms with Crippen molar-refractivity contribution in [3.05, 3.63) is 76.8 Å². The minimum Gasteiger partial charge on any atom is -0.488 e. The molecule has 2 aromatic carbocycles. The lowest BCUT2D eigenvalue weighted by Gasteiger charge is -2.22. The number of ether oxygens (including phenoxy) is 1. The molecule has 0 fully saturated rings. The molecule has 0 atom stereocenters. The van der Waals surface area contributed by atoms with Crippen molar-refractivity contribution >= 4 is 21.8 Å².